The monoisotopic (exact) mass is 343 g/mol. The Morgan fingerprint density at radius 3 is 2.24 bits per heavy atom. The van der Waals surface area contributed by atoms with Crippen LogP contribution in [0.3, 0.4) is 0 Å². The molecule has 0 aliphatic rings. The van der Waals surface area contributed by atoms with Crippen LogP contribution in [0.5, 0.6) is 0 Å². The minimum absolute atomic E-state index is 0.202. The molecule has 0 bridgehead atoms. The molecule has 112 valence electrons. The highest BCUT2D eigenvalue weighted by atomic mass is 35.5. The van der Waals surface area contributed by atoms with E-state index in [1.807, 2.05) is 0 Å². The van der Waals surface area contributed by atoms with Gasteiger partial charge < -0.3 is 0 Å². The quantitative estimate of drug-likeness (QED) is 0.818. The molecule has 2 aromatic carbocycles. The van der Waals surface area contributed by atoms with Crippen LogP contribution in [0.25, 0.3) is 0 Å². The van der Waals surface area contributed by atoms with Crippen molar-refractivity contribution in [1.82, 2.24) is 0 Å². The molecule has 0 N–H and O–H groups in total. The molecule has 0 aliphatic heterocycles. The van der Waals surface area contributed by atoms with Crippen molar-refractivity contribution < 1.29 is 8.42 Å². The number of hydrogen-bond donors (Lipinski definition) is 0. The molecule has 0 heterocycles. The lowest BCUT2D eigenvalue weighted by atomic mass is 10.2. The standard InChI is InChI=1S/C15H15Cl2NO2S/c1-3-18(15-6-4-5-14(17)11(15)2)21(19,20)13-9-7-12(16)8-10-13/h4-10H,3H2,1-2H3. The predicted molar refractivity (Wildman–Crippen MR) is 87.8 cm³/mol. The zero-order chi connectivity index (χ0) is 15.6. The molecule has 3 nitrogen and oxygen atoms in total. The molecule has 2 aromatic rings. The maximum absolute atomic E-state index is 12.8. The Hall–Kier alpha value is -1.23. The lowest BCUT2D eigenvalue weighted by molar-refractivity contribution is 0.592. The van der Waals surface area contributed by atoms with Gasteiger partial charge in [-0.3, -0.25) is 4.31 Å². The minimum atomic E-state index is -3.64. The fourth-order valence-electron chi connectivity index (χ4n) is 2.07. The van der Waals surface area contributed by atoms with Gasteiger partial charge in [0.15, 0.2) is 0 Å². The van der Waals surface area contributed by atoms with Crippen LogP contribution in [-0.2, 0) is 10.0 Å². The number of anilines is 1. The van der Waals surface area contributed by atoms with Gasteiger partial charge in [0, 0.05) is 16.6 Å². The van der Waals surface area contributed by atoms with Crippen molar-refractivity contribution in [3.05, 3.63) is 58.1 Å². The first kappa shape index (κ1) is 16.1. The number of benzene rings is 2. The van der Waals surface area contributed by atoms with E-state index < -0.39 is 10.0 Å². The fraction of sp³-hybridized carbons (Fsp3) is 0.200. The zero-order valence-corrected chi connectivity index (χ0v) is 14.0. The second kappa shape index (κ2) is 6.26. The first-order valence-corrected chi connectivity index (χ1v) is 8.61. The van der Waals surface area contributed by atoms with E-state index in [4.69, 9.17) is 23.2 Å². The Kier molecular flexibility index (Phi) is 4.81. The van der Waals surface area contributed by atoms with Crippen LogP contribution in [0.15, 0.2) is 47.4 Å². The van der Waals surface area contributed by atoms with Crippen molar-refractivity contribution in [2.75, 3.05) is 10.8 Å². The van der Waals surface area contributed by atoms with Gasteiger partial charge in [0.05, 0.1) is 10.6 Å². The van der Waals surface area contributed by atoms with E-state index in [9.17, 15) is 8.42 Å². The van der Waals surface area contributed by atoms with E-state index in [0.717, 1.165) is 5.56 Å². The summed E-state index contributed by atoms with van der Waals surface area (Å²) in [4.78, 5) is 0.202. The first-order valence-electron chi connectivity index (χ1n) is 6.41. The molecular formula is C15H15Cl2NO2S. The molecule has 0 saturated heterocycles. The predicted octanol–water partition coefficient (Wildman–Crippen LogP) is 4.52. The molecule has 0 saturated carbocycles. The Balaban J connectivity index is 2.54. The number of hydrogen-bond acceptors (Lipinski definition) is 2. The van der Waals surface area contributed by atoms with Gasteiger partial charge in [0.1, 0.15) is 0 Å². The summed E-state index contributed by atoms with van der Waals surface area (Å²) in [6, 6.07) is 11.4. The van der Waals surface area contributed by atoms with Crippen molar-refractivity contribution in [2.45, 2.75) is 18.7 Å². The number of nitrogens with zero attached hydrogens (tertiary/aromatic N) is 1. The van der Waals surface area contributed by atoms with E-state index in [1.165, 1.54) is 16.4 Å². The third kappa shape index (κ3) is 3.18. The molecule has 21 heavy (non-hydrogen) atoms. The maximum atomic E-state index is 12.8. The highest BCUT2D eigenvalue weighted by Crippen LogP contribution is 2.30. The van der Waals surface area contributed by atoms with E-state index in [1.54, 1.807) is 44.2 Å². The van der Waals surface area contributed by atoms with Gasteiger partial charge in [0.2, 0.25) is 0 Å². The third-order valence-corrected chi connectivity index (χ3v) is 5.76. The van der Waals surface area contributed by atoms with E-state index in [0.29, 0.717) is 22.3 Å². The summed E-state index contributed by atoms with van der Waals surface area (Å²) in [5.41, 5.74) is 1.32. The number of sulfonamides is 1. The fourth-order valence-corrected chi connectivity index (χ4v) is 3.90. The summed E-state index contributed by atoms with van der Waals surface area (Å²) in [6.45, 7) is 3.90. The summed E-state index contributed by atoms with van der Waals surface area (Å²) in [5.74, 6) is 0. The molecule has 0 spiro atoms. The molecule has 0 unspecified atom stereocenters. The van der Waals surface area contributed by atoms with E-state index >= 15 is 0 Å². The van der Waals surface area contributed by atoms with Crippen molar-refractivity contribution >= 4 is 38.9 Å². The number of halogens is 2. The number of rotatable bonds is 4. The molecule has 0 aliphatic carbocycles. The van der Waals surface area contributed by atoms with Gasteiger partial charge in [-0.1, -0.05) is 29.3 Å². The second-order valence-electron chi connectivity index (χ2n) is 4.51. The van der Waals surface area contributed by atoms with Crippen molar-refractivity contribution in [2.24, 2.45) is 0 Å². The largest absolute Gasteiger partial charge is 0.266 e. The minimum Gasteiger partial charge on any atom is -0.266 e. The van der Waals surface area contributed by atoms with Gasteiger partial charge in [-0.25, -0.2) is 8.42 Å². The second-order valence-corrected chi connectivity index (χ2v) is 7.21. The summed E-state index contributed by atoms with van der Waals surface area (Å²) >= 11 is 11.9. The molecule has 0 amide bonds. The van der Waals surface area contributed by atoms with Crippen LogP contribution >= 0.6 is 23.2 Å². The van der Waals surface area contributed by atoms with E-state index in [-0.39, 0.29) is 4.90 Å². The Morgan fingerprint density at radius 2 is 1.67 bits per heavy atom. The summed E-state index contributed by atoms with van der Waals surface area (Å²) in [6.07, 6.45) is 0. The highest BCUT2D eigenvalue weighted by Gasteiger charge is 2.25. The van der Waals surface area contributed by atoms with Crippen molar-refractivity contribution in [1.29, 1.82) is 0 Å². The molecule has 2 rings (SSSR count). The average molecular weight is 344 g/mol. The molecule has 6 heteroatoms. The molecule has 0 aromatic heterocycles. The van der Waals surface area contributed by atoms with Gasteiger partial charge in [0.25, 0.3) is 10.0 Å². The SMILES string of the molecule is CCN(c1cccc(Cl)c1C)S(=O)(=O)c1ccc(Cl)cc1. The van der Waals surface area contributed by atoms with Crippen molar-refractivity contribution in [3.63, 3.8) is 0 Å². The van der Waals surface area contributed by atoms with Crippen LogP contribution < -0.4 is 4.31 Å². The molecule has 0 fully saturated rings. The maximum Gasteiger partial charge on any atom is 0.264 e. The van der Waals surface area contributed by atoms with Crippen LogP contribution in [0.2, 0.25) is 10.0 Å². The Labute approximate surface area is 135 Å². The lowest BCUT2D eigenvalue weighted by Crippen LogP contribution is -2.31. The average Bonchev–Trinajstić information content (AvgIpc) is 2.44. The first-order chi connectivity index (χ1) is 9.87. The summed E-state index contributed by atoms with van der Waals surface area (Å²) in [5, 5.41) is 1.04. The van der Waals surface area contributed by atoms with E-state index in [2.05, 4.69) is 0 Å². The lowest BCUT2D eigenvalue weighted by Gasteiger charge is -2.25. The molecule has 0 radical (unpaired) electrons. The molecule has 0 atom stereocenters. The topological polar surface area (TPSA) is 37.4 Å². The Bertz CT molecular complexity index is 743. The van der Waals surface area contributed by atoms with Gasteiger partial charge in [-0.2, -0.15) is 0 Å². The summed E-state index contributed by atoms with van der Waals surface area (Å²) in [7, 11) is -3.64. The van der Waals surface area contributed by atoms with Crippen LogP contribution in [0.4, 0.5) is 5.69 Å². The Morgan fingerprint density at radius 1 is 1.05 bits per heavy atom. The van der Waals surface area contributed by atoms with Gasteiger partial charge in [-0.05, 0) is 55.8 Å². The normalized spacial score (nSPS) is 11.4. The smallest absolute Gasteiger partial charge is 0.264 e. The van der Waals surface area contributed by atoms with Crippen LogP contribution in [-0.4, -0.2) is 15.0 Å². The third-order valence-electron chi connectivity index (χ3n) is 3.20. The zero-order valence-electron chi connectivity index (χ0n) is 11.7. The molecular weight excluding hydrogens is 329 g/mol. The van der Waals surface area contributed by atoms with Crippen molar-refractivity contribution in [3.8, 4) is 0 Å². The van der Waals surface area contributed by atoms with Gasteiger partial charge >= 0.3 is 0 Å². The van der Waals surface area contributed by atoms with Gasteiger partial charge in [-0.15, -0.1) is 0 Å². The van der Waals surface area contributed by atoms with Crippen LogP contribution in [0, 0.1) is 6.92 Å². The highest BCUT2D eigenvalue weighted by molar-refractivity contribution is 7.92. The van der Waals surface area contributed by atoms with Crippen LogP contribution in [0.1, 0.15) is 12.5 Å². The summed E-state index contributed by atoms with van der Waals surface area (Å²) < 4.78 is 26.9.